The van der Waals surface area contributed by atoms with E-state index in [1.54, 1.807) is 24.3 Å². The van der Waals surface area contributed by atoms with Crippen LogP contribution in [0.3, 0.4) is 0 Å². The van der Waals surface area contributed by atoms with Crippen LogP contribution in [0.1, 0.15) is 27.0 Å². The predicted octanol–water partition coefficient (Wildman–Crippen LogP) is 4.19. The van der Waals surface area contributed by atoms with Crippen molar-refractivity contribution in [3.63, 3.8) is 0 Å². The highest BCUT2D eigenvalue weighted by molar-refractivity contribution is 7.92. The lowest BCUT2D eigenvalue weighted by Gasteiger charge is -2.19. The minimum atomic E-state index is -3.67. The third-order valence-corrected chi connectivity index (χ3v) is 7.27. The smallest absolute Gasteiger partial charge is 0.331 e. The lowest BCUT2D eigenvalue weighted by molar-refractivity contribution is -0.136. The monoisotopic (exact) mass is 461 g/mol. The molecule has 0 spiro atoms. The van der Waals surface area contributed by atoms with E-state index in [0.29, 0.717) is 29.8 Å². The Morgan fingerprint density at radius 1 is 0.970 bits per heavy atom. The van der Waals surface area contributed by atoms with Crippen LogP contribution < -0.4 is 4.31 Å². The molecule has 33 heavy (non-hydrogen) atoms. The maximum Gasteiger partial charge on any atom is 0.331 e. The van der Waals surface area contributed by atoms with Gasteiger partial charge in [-0.05, 0) is 48.7 Å². The number of Topliss-reactive ketones (excluding diaryl/α,β-unsaturated/α-hetero) is 1. The Morgan fingerprint density at radius 2 is 1.67 bits per heavy atom. The Hall–Kier alpha value is -3.71. The lowest BCUT2D eigenvalue weighted by atomic mass is 10.1. The van der Waals surface area contributed by atoms with Crippen molar-refractivity contribution < 1.29 is 22.7 Å². The van der Waals surface area contributed by atoms with Crippen LogP contribution in [0.25, 0.3) is 6.08 Å². The van der Waals surface area contributed by atoms with Gasteiger partial charge in [0.2, 0.25) is 0 Å². The number of hydrogen-bond donors (Lipinski definition) is 0. The van der Waals surface area contributed by atoms with E-state index < -0.39 is 16.0 Å². The molecule has 0 unspecified atom stereocenters. The van der Waals surface area contributed by atoms with E-state index in [2.05, 4.69) is 0 Å². The number of carbonyl (C=O) groups excluding carboxylic acids is 2. The number of hydrogen-bond acceptors (Lipinski definition) is 5. The second-order valence-electron chi connectivity index (χ2n) is 7.76. The minimum absolute atomic E-state index is 0.183. The molecule has 0 aliphatic carbocycles. The number of ketones is 1. The van der Waals surface area contributed by atoms with E-state index >= 15 is 0 Å². The topological polar surface area (TPSA) is 80.8 Å². The van der Waals surface area contributed by atoms with Crippen molar-refractivity contribution in [2.24, 2.45) is 0 Å². The van der Waals surface area contributed by atoms with Gasteiger partial charge in [-0.2, -0.15) is 0 Å². The van der Waals surface area contributed by atoms with Gasteiger partial charge in [-0.1, -0.05) is 60.2 Å². The molecule has 0 fully saturated rings. The molecule has 3 aromatic rings. The summed E-state index contributed by atoms with van der Waals surface area (Å²) >= 11 is 0. The van der Waals surface area contributed by atoms with Crippen molar-refractivity contribution in [2.75, 3.05) is 17.5 Å². The first-order valence-corrected chi connectivity index (χ1v) is 11.9. The highest BCUT2D eigenvalue weighted by Gasteiger charge is 2.30. The molecule has 1 aliphatic heterocycles. The van der Waals surface area contributed by atoms with Gasteiger partial charge in [-0.3, -0.25) is 9.10 Å². The van der Waals surface area contributed by atoms with Crippen LogP contribution in [0, 0.1) is 6.92 Å². The summed E-state index contributed by atoms with van der Waals surface area (Å²) in [5, 5.41) is 0. The van der Waals surface area contributed by atoms with Gasteiger partial charge in [0, 0.05) is 18.2 Å². The molecule has 0 saturated heterocycles. The predicted molar refractivity (Wildman–Crippen MR) is 127 cm³/mol. The summed E-state index contributed by atoms with van der Waals surface area (Å²) in [7, 11) is -3.67. The van der Waals surface area contributed by atoms with Crippen molar-refractivity contribution in [1.82, 2.24) is 0 Å². The average Bonchev–Trinajstić information content (AvgIpc) is 3.27. The van der Waals surface area contributed by atoms with Crippen LogP contribution in [0.5, 0.6) is 0 Å². The molecule has 0 radical (unpaired) electrons. The average molecular weight is 462 g/mol. The summed E-state index contributed by atoms with van der Waals surface area (Å²) in [4.78, 5) is 24.2. The zero-order valence-electron chi connectivity index (χ0n) is 18.1. The summed E-state index contributed by atoms with van der Waals surface area (Å²) < 4.78 is 32.6. The molecule has 0 saturated carbocycles. The Bertz CT molecular complexity index is 1310. The third-order valence-electron chi connectivity index (χ3n) is 5.44. The van der Waals surface area contributed by atoms with E-state index in [-0.39, 0.29) is 17.3 Å². The molecule has 0 amide bonds. The largest absolute Gasteiger partial charge is 0.454 e. The molecule has 6 nitrogen and oxygen atoms in total. The zero-order chi connectivity index (χ0) is 23.4. The number of anilines is 1. The third kappa shape index (κ3) is 5.04. The van der Waals surface area contributed by atoms with Gasteiger partial charge < -0.3 is 4.74 Å². The normalized spacial score (nSPS) is 13.2. The molecule has 7 heteroatoms. The quantitative estimate of drug-likeness (QED) is 0.299. The summed E-state index contributed by atoms with van der Waals surface area (Å²) in [6, 6.07) is 20.8. The summed E-state index contributed by atoms with van der Waals surface area (Å²) in [6.45, 7) is 1.99. The number of benzene rings is 3. The Balaban J connectivity index is 1.37. The van der Waals surface area contributed by atoms with Crippen LogP contribution in [0.2, 0.25) is 0 Å². The Kier molecular flexibility index (Phi) is 6.42. The number of fused-ring (bicyclic) bond motifs is 1. The molecule has 0 bridgehead atoms. The zero-order valence-corrected chi connectivity index (χ0v) is 18.9. The number of esters is 1. The fraction of sp³-hybridized carbons (Fsp3) is 0.154. The van der Waals surface area contributed by atoms with Crippen LogP contribution in [0.15, 0.2) is 83.8 Å². The van der Waals surface area contributed by atoms with Crippen LogP contribution in [-0.2, 0) is 26.0 Å². The fourth-order valence-corrected chi connectivity index (χ4v) is 5.11. The van der Waals surface area contributed by atoms with E-state index in [4.69, 9.17) is 4.74 Å². The van der Waals surface area contributed by atoms with Gasteiger partial charge in [0.1, 0.15) is 0 Å². The van der Waals surface area contributed by atoms with Crippen molar-refractivity contribution in [3.05, 3.63) is 101 Å². The molecule has 1 heterocycles. The van der Waals surface area contributed by atoms with E-state index in [1.165, 1.54) is 28.6 Å². The molecule has 0 atom stereocenters. The standard InChI is InChI=1S/C26H23NO5S/c1-19-6-11-22(12-7-19)25(28)18-32-26(29)15-10-20-8-13-23(14-9-20)33(30,31)27-17-16-21-4-2-3-5-24(21)27/h2-15H,16-18H2,1H3/b15-10+. The van der Waals surface area contributed by atoms with Gasteiger partial charge in [-0.25, -0.2) is 13.2 Å². The minimum Gasteiger partial charge on any atom is -0.454 e. The summed E-state index contributed by atoms with van der Waals surface area (Å²) in [6.07, 6.45) is 3.41. The van der Waals surface area contributed by atoms with Gasteiger partial charge >= 0.3 is 5.97 Å². The Labute approximate surface area is 193 Å². The number of aryl methyl sites for hydroxylation is 1. The maximum absolute atomic E-state index is 13.1. The summed E-state index contributed by atoms with van der Waals surface area (Å²) in [5.41, 5.74) is 3.88. The fourth-order valence-electron chi connectivity index (χ4n) is 3.61. The molecule has 4 rings (SSSR count). The lowest BCUT2D eigenvalue weighted by Crippen LogP contribution is -2.29. The van der Waals surface area contributed by atoms with Crippen LogP contribution in [0.4, 0.5) is 5.69 Å². The van der Waals surface area contributed by atoms with Crippen LogP contribution >= 0.6 is 0 Å². The first kappa shape index (κ1) is 22.5. The van der Waals surface area contributed by atoms with E-state index in [9.17, 15) is 18.0 Å². The molecular formula is C26H23NO5S. The van der Waals surface area contributed by atoms with Gasteiger partial charge in [0.15, 0.2) is 12.4 Å². The molecule has 0 aromatic heterocycles. The first-order valence-electron chi connectivity index (χ1n) is 10.5. The number of nitrogens with zero attached hydrogens (tertiary/aromatic N) is 1. The highest BCUT2D eigenvalue weighted by atomic mass is 32.2. The molecule has 1 aliphatic rings. The number of sulfonamides is 1. The second-order valence-corrected chi connectivity index (χ2v) is 9.62. The van der Waals surface area contributed by atoms with Crippen molar-refractivity contribution in [1.29, 1.82) is 0 Å². The first-order chi connectivity index (χ1) is 15.8. The van der Waals surface area contributed by atoms with Crippen molar-refractivity contribution in [3.8, 4) is 0 Å². The molecule has 3 aromatic carbocycles. The molecule has 168 valence electrons. The van der Waals surface area contributed by atoms with E-state index in [1.807, 2.05) is 43.3 Å². The number of para-hydroxylation sites is 1. The molecular weight excluding hydrogens is 438 g/mol. The second kappa shape index (κ2) is 9.42. The maximum atomic E-state index is 13.1. The van der Waals surface area contributed by atoms with Crippen molar-refractivity contribution >= 4 is 33.5 Å². The number of carbonyl (C=O) groups is 2. The van der Waals surface area contributed by atoms with E-state index in [0.717, 1.165) is 11.1 Å². The van der Waals surface area contributed by atoms with Crippen LogP contribution in [-0.4, -0.2) is 33.3 Å². The van der Waals surface area contributed by atoms with Gasteiger partial charge in [-0.15, -0.1) is 0 Å². The molecule has 0 N–H and O–H groups in total. The number of ether oxygens (including phenoxy) is 1. The SMILES string of the molecule is Cc1ccc(C(=O)COC(=O)/C=C/c2ccc(S(=O)(=O)N3CCc4ccccc43)cc2)cc1. The Morgan fingerprint density at radius 3 is 2.39 bits per heavy atom. The summed E-state index contributed by atoms with van der Waals surface area (Å²) in [5.74, 6) is -0.935. The highest BCUT2D eigenvalue weighted by Crippen LogP contribution is 2.32. The van der Waals surface area contributed by atoms with Crippen molar-refractivity contribution in [2.45, 2.75) is 18.2 Å². The van der Waals surface area contributed by atoms with Gasteiger partial charge in [0.05, 0.1) is 10.6 Å². The number of rotatable bonds is 7. The van der Waals surface area contributed by atoms with Gasteiger partial charge in [0.25, 0.3) is 10.0 Å².